The Hall–Kier alpha value is -1.12. The minimum atomic E-state index is 0.251. The van der Waals surface area contributed by atoms with Crippen molar-refractivity contribution < 1.29 is 0 Å². The summed E-state index contributed by atoms with van der Waals surface area (Å²) in [6.07, 6.45) is 5.32. The summed E-state index contributed by atoms with van der Waals surface area (Å²) in [5.41, 5.74) is 3.93. The lowest BCUT2D eigenvalue weighted by molar-refractivity contribution is 0.221. The number of nitrogens with one attached hydrogen (secondary N) is 1. The third kappa shape index (κ3) is 2.79. The highest BCUT2D eigenvalue weighted by atomic mass is 35.5. The maximum Gasteiger partial charge on any atom is 0.0747 e. The maximum absolute atomic E-state index is 6.28. The Balaban J connectivity index is 1.85. The average molecular weight is 323 g/mol. The lowest BCUT2D eigenvalue weighted by Gasteiger charge is -2.36. The van der Waals surface area contributed by atoms with Gasteiger partial charge < -0.3 is 10.2 Å². The van der Waals surface area contributed by atoms with Crippen LogP contribution in [-0.4, -0.2) is 24.5 Å². The van der Waals surface area contributed by atoms with Crippen molar-refractivity contribution in [1.82, 2.24) is 10.2 Å². The van der Waals surface area contributed by atoms with Gasteiger partial charge in [0.1, 0.15) is 0 Å². The molecular weight excluding hydrogens is 303 g/mol. The number of fused-ring (bicyclic) bond motifs is 1. The second-order valence-corrected chi connectivity index (χ2v) is 7.47. The van der Waals surface area contributed by atoms with Crippen molar-refractivity contribution in [3.63, 3.8) is 0 Å². The van der Waals surface area contributed by atoms with E-state index in [4.69, 9.17) is 23.2 Å². The van der Waals surface area contributed by atoms with Crippen LogP contribution >= 0.6 is 23.2 Å². The van der Waals surface area contributed by atoms with Crippen molar-refractivity contribution in [3.8, 4) is 0 Å². The number of hydrogen-bond acceptors (Lipinski definition) is 2. The van der Waals surface area contributed by atoms with Crippen LogP contribution in [0.2, 0.25) is 10.0 Å². The number of hydrogen-bond donors (Lipinski definition) is 1. The van der Waals surface area contributed by atoms with Crippen LogP contribution < -0.4 is 5.32 Å². The summed E-state index contributed by atoms with van der Waals surface area (Å²) in [4.78, 5) is 2.31. The number of likely N-dealkylation sites (N-methyl/N-ethyl adjacent to an activating group) is 1. The van der Waals surface area contributed by atoms with Crippen LogP contribution in [-0.2, 0) is 6.42 Å². The second-order valence-electron chi connectivity index (χ2n) is 6.63. The molecule has 1 unspecified atom stereocenters. The van der Waals surface area contributed by atoms with Gasteiger partial charge in [-0.05, 0) is 29.3 Å². The number of rotatable bonds is 2. The molecule has 0 amide bonds. The van der Waals surface area contributed by atoms with Gasteiger partial charge in [0.2, 0.25) is 0 Å². The molecule has 2 aliphatic rings. The van der Waals surface area contributed by atoms with Crippen LogP contribution in [0.15, 0.2) is 41.7 Å². The van der Waals surface area contributed by atoms with Crippen LogP contribution in [0.5, 0.6) is 0 Å². The van der Waals surface area contributed by atoms with Crippen LogP contribution in [0, 0.1) is 5.41 Å². The predicted molar refractivity (Wildman–Crippen MR) is 89.7 cm³/mol. The molecule has 4 heteroatoms. The molecule has 0 bridgehead atoms. The van der Waals surface area contributed by atoms with Gasteiger partial charge in [-0.25, -0.2) is 0 Å². The minimum Gasteiger partial charge on any atom is -0.386 e. The molecule has 1 fully saturated rings. The molecule has 1 aromatic carbocycles. The molecule has 1 saturated heterocycles. The van der Waals surface area contributed by atoms with E-state index in [1.807, 2.05) is 12.1 Å². The summed E-state index contributed by atoms with van der Waals surface area (Å²) in [7, 11) is 2.15. The molecule has 0 spiro atoms. The molecule has 2 nitrogen and oxygen atoms in total. The summed E-state index contributed by atoms with van der Waals surface area (Å²) >= 11 is 12.2. The van der Waals surface area contributed by atoms with Crippen molar-refractivity contribution in [3.05, 3.63) is 57.4 Å². The number of allylic oxidation sites excluding steroid dienone is 2. The van der Waals surface area contributed by atoms with Crippen molar-refractivity contribution in [2.75, 3.05) is 13.6 Å². The molecule has 1 aromatic rings. The molecule has 0 aliphatic carbocycles. The summed E-state index contributed by atoms with van der Waals surface area (Å²) < 4.78 is 0. The van der Waals surface area contributed by atoms with Gasteiger partial charge in [0, 0.05) is 47.4 Å². The highest BCUT2D eigenvalue weighted by Crippen LogP contribution is 2.37. The first-order valence-electron chi connectivity index (χ1n) is 7.19. The fraction of sp³-hybridized carbons (Fsp3) is 0.412. The van der Waals surface area contributed by atoms with Gasteiger partial charge in [-0.3, -0.25) is 0 Å². The fourth-order valence-electron chi connectivity index (χ4n) is 3.40. The average Bonchev–Trinajstić information content (AvgIpc) is 2.69. The second kappa shape index (κ2) is 5.26. The highest BCUT2D eigenvalue weighted by molar-refractivity contribution is 6.35. The van der Waals surface area contributed by atoms with Gasteiger partial charge in [-0.2, -0.15) is 0 Å². The van der Waals surface area contributed by atoms with E-state index in [0.717, 1.165) is 23.6 Å². The predicted octanol–water partition coefficient (Wildman–Crippen LogP) is 4.25. The van der Waals surface area contributed by atoms with E-state index in [2.05, 4.69) is 43.4 Å². The normalized spacial score (nSPS) is 23.3. The minimum absolute atomic E-state index is 0.251. The maximum atomic E-state index is 6.28. The van der Waals surface area contributed by atoms with Crippen molar-refractivity contribution in [2.24, 2.45) is 5.41 Å². The van der Waals surface area contributed by atoms with Crippen molar-refractivity contribution in [1.29, 1.82) is 0 Å². The Morgan fingerprint density at radius 2 is 2.10 bits per heavy atom. The quantitative estimate of drug-likeness (QED) is 0.875. The summed E-state index contributed by atoms with van der Waals surface area (Å²) in [5.74, 6) is 0. The summed E-state index contributed by atoms with van der Waals surface area (Å²) in [5, 5.41) is 4.95. The molecule has 21 heavy (non-hydrogen) atoms. The van der Waals surface area contributed by atoms with Crippen molar-refractivity contribution >= 4 is 23.2 Å². The Kier molecular flexibility index (Phi) is 3.71. The zero-order valence-corrected chi connectivity index (χ0v) is 14.1. The molecule has 2 heterocycles. The molecule has 2 aliphatic heterocycles. The van der Waals surface area contributed by atoms with Gasteiger partial charge in [0.25, 0.3) is 0 Å². The lowest BCUT2D eigenvalue weighted by Crippen LogP contribution is -2.40. The number of nitrogens with zero attached hydrogens (tertiary/aromatic N) is 1. The molecule has 1 N–H and O–H groups in total. The molecule has 0 aromatic heterocycles. The third-order valence-electron chi connectivity index (χ3n) is 4.31. The summed E-state index contributed by atoms with van der Waals surface area (Å²) in [6.45, 7) is 5.62. The molecule has 3 rings (SSSR count). The smallest absolute Gasteiger partial charge is 0.0747 e. The first-order valence-corrected chi connectivity index (χ1v) is 7.94. The van der Waals surface area contributed by atoms with E-state index >= 15 is 0 Å². The van der Waals surface area contributed by atoms with Crippen LogP contribution in [0.4, 0.5) is 0 Å². The first kappa shape index (κ1) is 14.8. The zero-order chi connectivity index (χ0) is 15.2. The van der Waals surface area contributed by atoms with Crippen LogP contribution in [0.25, 0.3) is 0 Å². The van der Waals surface area contributed by atoms with E-state index in [0.29, 0.717) is 11.1 Å². The third-order valence-corrected chi connectivity index (χ3v) is 4.90. The van der Waals surface area contributed by atoms with Gasteiger partial charge in [-0.15, -0.1) is 0 Å². The number of halogens is 2. The van der Waals surface area contributed by atoms with Gasteiger partial charge >= 0.3 is 0 Å². The standard InChI is InChI=1S/C17H20Cl2N2/c1-17(2)10-20-15-7-11(9-21(3)16(15)17)6-12-4-5-13(18)8-14(12)19/h4-5,7-9,16,20H,6,10H2,1-3H3. The SMILES string of the molecule is CN1C=C(Cc2ccc(Cl)cc2Cl)C=C2NCC(C)(C)C21. The number of benzene rings is 1. The van der Waals surface area contributed by atoms with Crippen LogP contribution in [0.1, 0.15) is 19.4 Å². The van der Waals surface area contributed by atoms with Gasteiger partial charge in [-0.1, -0.05) is 43.1 Å². The van der Waals surface area contributed by atoms with Crippen molar-refractivity contribution in [2.45, 2.75) is 26.3 Å². The summed E-state index contributed by atoms with van der Waals surface area (Å²) in [6, 6.07) is 6.13. The van der Waals surface area contributed by atoms with Gasteiger partial charge in [0.15, 0.2) is 0 Å². The van der Waals surface area contributed by atoms with E-state index in [9.17, 15) is 0 Å². The Bertz CT molecular complexity index is 632. The molecule has 0 radical (unpaired) electrons. The fourth-order valence-corrected chi connectivity index (χ4v) is 3.87. The topological polar surface area (TPSA) is 15.3 Å². The Morgan fingerprint density at radius 3 is 2.81 bits per heavy atom. The van der Waals surface area contributed by atoms with E-state index in [-0.39, 0.29) is 5.41 Å². The molecular formula is C17H20Cl2N2. The van der Waals surface area contributed by atoms with Crippen LogP contribution in [0.3, 0.4) is 0 Å². The van der Waals surface area contributed by atoms with E-state index < -0.39 is 0 Å². The lowest BCUT2D eigenvalue weighted by atomic mass is 9.84. The largest absolute Gasteiger partial charge is 0.386 e. The zero-order valence-electron chi connectivity index (χ0n) is 12.6. The Morgan fingerprint density at radius 1 is 1.33 bits per heavy atom. The molecule has 112 valence electrons. The first-order chi connectivity index (χ1) is 9.87. The van der Waals surface area contributed by atoms with Gasteiger partial charge in [0.05, 0.1) is 6.04 Å². The Labute approximate surface area is 136 Å². The highest BCUT2D eigenvalue weighted by Gasteiger charge is 2.41. The monoisotopic (exact) mass is 322 g/mol. The van der Waals surface area contributed by atoms with E-state index in [1.165, 1.54) is 11.3 Å². The molecule has 0 saturated carbocycles. The molecule has 1 atom stereocenters. The van der Waals surface area contributed by atoms with E-state index in [1.54, 1.807) is 6.07 Å².